The number of nitrogens with zero attached hydrogens (tertiary/aromatic N) is 3. The van der Waals surface area contributed by atoms with E-state index in [-0.39, 0.29) is 23.8 Å². The molecule has 7 nitrogen and oxygen atoms in total. The summed E-state index contributed by atoms with van der Waals surface area (Å²) in [7, 11) is 0. The number of rotatable bonds is 6. The second-order valence-corrected chi connectivity index (χ2v) is 7.65. The lowest BCUT2D eigenvalue weighted by atomic mass is 10.2. The van der Waals surface area contributed by atoms with Crippen molar-refractivity contribution in [2.75, 3.05) is 0 Å². The van der Waals surface area contributed by atoms with Crippen molar-refractivity contribution in [3.63, 3.8) is 0 Å². The Bertz CT molecular complexity index is 1250. The van der Waals surface area contributed by atoms with Gasteiger partial charge in [0.05, 0.1) is 12.2 Å². The normalized spacial score (nSPS) is 11.9. The van der Waals surface area contributed by atoms with Gasteiger partial charge in [-0.05, 0) is 44.0 Å². The quantitative estimate of drug-likeness (QED) is 0.633. The van der Waals surface area contributed by atoms with Gasteiger partial charge in [-0.15, -0.1) is 0 Å². The van der Waals surface area contributed by atoms with E-state index in [4.69, 9.17) is 11.6 Å². The minimum absolute atomic E-state index is 0.134. The van der Waals surface area contributed by atoms with Crippen LogP contribution in [0.5, 0.6) is 0 Å². The van der Waals surface area contributed by atoms with E-state index in [0.717, 1.165) is 14.8 Å². The Kier molecular flexibility index (Phi) is 6.70. The number of carbonyl (C=O) groups is 1. The van der Waals surface area contributed by atoms with E-state index < -0.39 is 28.7 Å². The Labute approximate surface area is 183 Å². The van der Waals surface area contributed by atoms with Gasteiger partial charge in [0, 0.05) is 16.6 Å². The SMILES string of the molecule is CCC(C)NC(=O)c1nn(-c2ccc(C)c(Cl)c2)c(=O)n(Cc2ccccc2F)c1=O. The Morgan fingerprint density at radius 1 is 1.23 bits per heavy atom. The van der Waals surface area contributed by atoms with E-state index in [1.54, 1.807) is 32.0 Å². The monoisotopic (exact) mass is 444 g/mol. The van der Waals surface area contributed by atoms with Crippen molar-refractivity contribution >= 4 is 17.5 Å². The van der Waals surface area contributed by atoms with Gasteiger partial charge in [-0.2, -0.15) is 9.78 Å². The first-order valence-corrected chi connectivity index (χ1v) is 10.2. The molecule has 0 radical (unpaired) electrons. The Morgan fingerprint density at radius 3 is 2.58 bits per heavy atom. The van der Waals surface area contributed by atoms with Crippen molar-refractivity contribution in [1.82, 2.24) is 19.7 Å². The number of aromatic nitrogens is 3. The zero-order chi connectivity index (χ0) is 22.7. The van der Waals surface area contributed by atoms with Crippen LogP contribution in [-0.2, 0) is 6.54 Å². The molecule has 0 saturated heterocycles. The van der Waals surface area contributed by atoms with Crippen LogP contribution in [0.4, 0.5) is 4.39 Å². The molecule has 1 amide bonds. The fraction of sp³-hybridized carbons (Fsp3) is 0.273. The average molecular weight is 445 g/mol. The first-order chi connectivity index (χ1) is 14.7. The second kappa shape index (κ2) is 9.26. The molecule has 31 heavy (non-hydrogen) atoms. The van der Waals surface area contributed by atoms with Crippen LogP contribution < -0.4 is 16.6 Å². The van der Waals surface area contributed by atoms with Crippen molar-refractivity contribution < 1.29 is 9.18 Å². The van der Waals surface area contributed by atoms with Crippen LogP contribution in [0.1, 0.15) is 41.9 Å². The molecule has 1 unspecified atom stereocenters. The standard InChI is InChI=1S/C22H22ClFN4O3/c1-4-14(3)25-20(29)19-21(30)27(12-15-7-5-6-8-18(15)24)22(31)28(26-19)16-10-9-13(2)17(23)11-16/h5-11,14H,4,12H2,1-3H3,(H,25,29). The van der Waals surface area contributed by atoms with Gasteiger partial charge in [0.25, 0.3) is 11.5 Å². The summed E-state index contributed by atoms with van der Waals surface area (Å²) in [4.78, 5) is 38.8. The van der Waals surface area contributed by atoms with Gasteiger partial charge in [0.2, 0.25) is 5.69 Å². The molecule has 1 heterocycles. The molecule has 3 aromatic rings. The lowest BCUT2D eigenvalue weighted by Crippen LogP contribution is -2.47. The topological polar surface area (TPSA) is 86.0 Å². The molecule has 0 fully saturated rings. The van der Waals surface area contributed by atoms with E-state index in [9.17, 15) is 18.8 Å². The summed E-state index contributed by atoms with van der Waals surface area (Å²) < 4.78 is 15.9. The van der Waals surface area contributed by atoms with E-state index in [1.165, 1.54) is 24.3 Å². The van der Waals surface area contributed by atoms with Crippen LogP contribution in [0.15, 0.2) is 52.1 Å². The summed E-state index contributed by atoms with van der Waals surface area (Å²) in [5.41, 5.74) is -0.979. The van der Waals surface area contributed by atoms with Gasteiger partial charge >= 0.3 is 5.69 Å². The van der Waals surface area contributed by atoms with Crippen LogP contribution in [0.2, 0.25) is 5.02 Å². The molecule has 0 saturated carbocycles. The van der Waals surface area contributed by atoms with Crippen molar-refractivity contribution in [3.8, 4) is 5.69 Å². The summed E-state index contributed by atoms with van der Waals surface area (Å²) in [6, 6.07) is 10.4. The fourth-order valence-corrected chi connectivity index (χ4v) is 3.04. The summed E-state index contributed by atoms with van der Waals surface area (Å²) >= 11 is 6.19. The maximum absolute atomic E-state index is 14.2. The Morgan fingerprint density at radius 2 is 1.94 bits per heavy atom. The van der Waals surface area contributed by atoms with Crippen LogP contribution >= 0.6 is 11.6 Å². The number of amides is 1. The number of benzene rings is 2. The molecular formula is C22H22ClFN4O3. The van der Waals surface area contributed by atoms with Gasteiger partial charge < -0.3 is 5.32 Å². The van der Waals surface area contributed by atoms with Crippen molar-refractivity contribution in [1.29, 1.82) is 0 Å². The highest BCUT2D eigenvalue weighted by Crippen LogP contribution is 2.18. The molecule has 1 aromatic heterocycles. The molecule has 9 heteroatoms. The number of halogens is 2. The zero-order valence-corrected chi connectivity index (χ0v) is 18.1. The van der Waals surface area contributed by atoms with E-state index in [0.29, 0.717) is 11.4 Å². The van der Waals surface area contributed by atoms with Crippen LogP contribution in [0, 0.1) is 12.7 Å². The number of hydrogen-bond acceptors (Lipinski definition) is 4. The van der Waals surface area contributed by atoms with Gasteiger partial charge in [0.15, 0.2) is 0 Å². The first-order valence-electron chi connectivity index (χ1n) is 9.77. The molecule has 1 N–H and O–H groups in total. The molecular weight excluding hydrogens is 423 g/mol. The Hall–Kier alpha value is -3.26. The smallest absolute Gasteiger partial charge is 0.348 e. The first kappa shape index (κ1) is 22.4. The van der Waals surface area contributed by atoms with Gasteiger partial charge in [-0.25, -0.2) is 9.18 Å². The van der Waals surface area contributed by atoms with Gasteiger partial charge in [-0.1, -0.05) is 42.8 Å². The molecule has 0 aliphatic heterocycles. The third-order valence-corrected chi connectivity index (χ3v) is 5.36. The Balaban J connectivity index is 2.23. The largest absolute Gasteiger partial charge is 0.352 e. The van der Waals surface area contributed by atoms with Crippen molar-refractivity contribution in [3.05, 3.63) is 91.0 Å². The van der Waals surface area contributed by atoms with Gasteiger partial charge in [-0.3, -0.25) is 14.2 Å². The molecule has 0 aliphatic carbocycles. The highest BCUT2D eigenvalue weighted by atomic mass is 35.5. The van der Waals surface area contributed by atoms with E-state index in [1.807, 2.05) is 6.92 Å². The second-order valence-electron chi connectivity index (χ2n) is 7.24. The highest BCUT2D eigenvalue weighted by molar-refractivity contribution is 6.31. The fourth-order valence-electron chi connectivity index (χ4n) is 2.87. The summed E-state index contributed by atoms with van der Waals surface area (Å²) in [5, 5.41) is 7.10. The highest BCUT2D eigenvalue weighted by Gasteiger charge is 2.22. The van der Waals surface area contributed by atoms with Crippen molar-refractivity contribution in [2.45, 2.75) is 39.8 Å². The third-order valence-electron chi connectivity index (χ3n) is 4.95. The van der Waals surface area contributed by atoms with Crippen LogP contribution in [-0.4, -0.2) is 26.3 Å². The minimum Gasteiger partial charge on any atom is -0.348 e. The molecule has 1 atom stereocenters. The molecule has 2 aromatic carbocycles. The zero-order valence-electron chi connectivity index (χ0n) is 17.4. The maximum atomic E-state index is 14.2. The molecule has 162 valence electrons. The predicted octanol–water partition coefficient (Wildman–Crippen LogP) is 3.07. The van der Waals surface area contributed by atoms with E-state index in [2.05, 4.69) is 10.4 Å². The third kappa shape index (κ3) is 4.74. The number of hydrogen-bond donors (Lipinski definition) is 1. The van der Waals surface area contributed by atoms with Gasteiger partial charge in [0.1, 0.15) is 5.82 Å². The van der Waals surface area contributed by atoms with Crippen LogP contribution in [0.3, 0.4) is 0 Å². The molecule has 0 bridgehead atoms. The summed E-state index contributed by atoms with van der Waals surface area (Å²) in [5.74, 6) is -1.28. The van der Waals surface area contributed by atoms with Crippen molar-refractivity contribution in [2.24, 2.45) is 0 Å². The summed E-state index contributed by atoms with van der Waals surface area (Å²) in [6.45, 7) is 5.11. The average Bonchev–Trinajstić information content (AvgIpc) is 2.74. The molecule has 0 spiro atoms. The molecule has 0 aliphatic rings. The summed E-state index contributed by atoms with van der Waals surface area (Å²) in [6.07, 6.45) is 0.641. The lowest BCUT2D eigenvalue weighted by Gasteiger charge is -2.15. The predicted molar refractivity (Wildman–Crippen MR) is 117 cm³/mol. The number of nitrogens with one attached hydrogen (secondary N) is 1. The number of carbonyl (C=O) groups excluding carboxylic acids is 1. The molecule has 3 rings (SSSR count). The van der Waals surface area contributed by atoms with Crippen LogP contribution in [0.25, 0.3) is 5.69 Å². The maximum Gasteiger partial charge on any atom is 0.352 e. The number of aryl methyl sites for hydroxylation is 1. The minimum atomic E-state index is -0.900. The van der Waals surface area contributed by atoms with E-state index >= 15 is 0 Å². The lowest BCUT2D eigenvalue weighted by molar-refractivity contribution is 0.0929.